The van der Waals surface area contributed by atoms with Crippen molar-refractivity contribution < 1.29 is 14.3 Å². The summed E-state index contributed by atoms with van der Waals surface area (Å²) in [5, 5.41) is 8.82. The first-order valence-corrected chi connectivity index (χ1v) is 10.6. The van der Waals surface area contributed by atoms with Crippen LogP contribution in [0.1, 0.15) is 13.3 Å². The van der Waals surface area contributed by atoms with Gasteiger partial charge in [0.1, 0.15) is 5.75 Å². The summed E-state index contributed by atoms with van der Waals surface area (Å²) in [5.41, 5.74) is 1.81. The summed E-state index contributed by atoms with van der Waals surface area (Å²) in [6, 6.07) is 11.5. The molecule has 1 atom stereocenters. The van der Waals surface area contributed by atoms with E-state index in [1.807, 2.05) is 43.3 Å². The lowest BCUT2D eigenvalue weighted by atomic mass is 10.1. The number of aromatic nitrogens is 2. The first kappa shape index (κ1) is 21.0. The van der Waals surface area contributed by atoms with Gasteiger partial charge in [0, 0.05) is 45.8 Å². The van der Waals surface area contributed by atoms with Crippen LogP contribution in [0.25, 0.3) is 11.3 Å². The Balaban J connectivity index is 1.37. The van der Waals surface area contributed by atoms with Gasteiger partial charge in [0.25, 0.3) is 0 Å². The third kappa shape index (κ3) is 4.32. The maximum atomic E-state index is 12.2. The van der Waals surface area contributed by atoms with Gasteiger partial charge in [-0.1, -0.05) is 0 Å². The fourth-order valence-corrected chi connectivity index (χ4v) is 4.06. The predicted octanol–water partition coefficient (Wildman–Crippen LogP) is 1.90. The van der Waals surface area contributed by atoms with E-state index in [9.17, 15) is 9.59 Å². The maximum absolute atomic E-state index is 12.2. The summed E-state index contributed by atoms with van der Waals surface area (Å²) in [4.78, 5) is 31.6. The molecule has 0 bridgehead atoms. The van der Waals surface area contributed by atoms with Gasteiger partial charge in [-0.3, -0.25) is 14.6 Å². The van der Waals surface area contributed by atoms with Gasteiger partial charge in [0.15, 0.2) is 5.82 Å². The first-order valence-electron chi connectivity index (χ1n) is 10.6. The molecule has 2 aliphatic rings. The number of rotatable bonds is 5. The van der Waals surface area contributed by atoms with Crippen LogP contribution in [0, 0.1) is 0 Å². The second-order valence-corrected chi connectivity index (χ2v) is 7.79. The molecule has 0 radical (unpaired) electrons. The number of ether oxygens (including phenoxy) is 1. The van der Waals surface area contributed by atoms with Gasteiger partial charge in [-0.15, -0.1) is 10.2 Å². The molecule has 164 valence electrons. The molecule has 2 saturated heterocycles. The number of piperazine rings is 1. The van der Waals surface area contributed by atoms with Crippen LogP contribution in [0.15, 0.2) is 36.4 Å². The number of carbonyl (C=O) groups is 2. The molecule has 9 heteroatoms. The van der Waals surface area contributed by atoms with Gasteiger partial charge < -0.3 is 14.5 Å². The molecule has 1 aromatic carbocycles. The van der Waals surface area contributed by atoms with Gasteiger partial charge in [-0.2, -0.15) is 0 Å². The number of anilines is 1. The van der Waals surface area contributed by atoms with Gasteiger partial charge in [-0.25, -0.2) is 4.79 Å². The molecule has 3 amide bonds. The van der Waals surface area contributed by atoms with Gasteiger partial charge in [0.2, 0.25) is 5.91 Å². The van der Waals surface area contributed by atoms with E-state index in [-0.39, 0.29) is 18.1 Å². The Hall–Kier alpha value is -3.20. The van der Waals surface area contributed by atoms with Crippen molar-refractivity contribution in [2.75, 3.05) is 51.8 Å². The van der Waals surface area contributed by atoms with Crippen LogP contribution < -0.4 is 9.64 Å². The number of benzene rings is 1. The van der Waals surface area contributed by atoms with Crippen molar-refractivity contribution >= 4 is 17.8 Å². The highest BCUT2D eigenvalue weighted by Gasteiger charge is 2.38. The SMILES string of the molecule is CCOc1ccc(-c2ccc(N3CCN(C4CC(=O)N(C)C(=O)N4C)CC3)nn2)cc1. The number of nitrogens with zero attached hydrogens (tertiary/aromatic N) is 6. The average molecular weight is 425 g/mol. The molecule has 1 unspecified atom stereocenters. The quantitative estimate of drug-likeness (QED) is 0.725. The Kier molecular flexibility index (Phi) is 6.03. The fraction of sp³-hybridized carbons (Fsp3) is 0.455. The number of hydrogen-bond donors (Lipinski definition) is 0. The molecule has 4 rings (SSSR count). The van der Waals surface area contributed by atoms with Crippen molar-refractivity contribution in [3.8, 4) is 17.0 Å². The molecule has 0 saturated carbocycles. The van der Waals surface area contributed by atoms with E-state index < -0.39 is 0 Å². The minimum atomic E-state index is -0.251. The molecule has 2 aliphatic heterocycles. The fourth-order valence-electron chi connectivity index (χ4n) is 4.06. The lowest BCUT2D eigenvalue weighted by Crippen LogP contribution is -2.62. The maximum Gasteiger partial charge on any atom is 0.327 e. The topological polar surface area (TPSA) is 82.1 Å². The van der Waals surface area contributed by atoms with Crippen molar-refractivity contribution in [2.45, 2.75) is 19.5 Å². The molecule has 2 fully saturated rings. The van der Waals surface area contributed by atoms with E-state index in [0.717, 1.165) is 49.0 Å². The number of urea groups is 1. The molecule has 0 aliphatic carbocycles. The second kappa shape index (κ2) is 8.89. The molecule has 0 N–H and O–H groups in total. The van der Waals surface area contributed by atoms with Crippen LogP contribution in [0.2, 0.25) is 0 Å². The molecular weight excluding hydrogens is 396 g/mol. The minimum Gasteiger partial charge on any atom is -0.494 e. The lowest BCUT2D eigenvalue weighted by molar-refractivity contribution is -0.134. The van der Waals surface area contributed by atoms with E-state index >= 15 is 0 Å². The Bertz CT molecular complexity index is 925. The Labute approximate surface area is 182 Å². The summed E-state index contributed by atoms with van der Waals surface area (Å²) >= 11 is 0. The summed E-state index contributed by atoms with van der Waals surface area (Å²) in [5.74, 6) is 1.54. The van der Waals surface area contributed by atoms with E-state index in [1.54, 1.807) is 11.9 Å². The molecule has 2 aromatic rings. The van der Waals surface area contributed by atoms with Gasteiger partial charge >= 0.3 is 6.03 Å². The van der Waals surface area contributed by atoms with E-state index in [4.69, 9.17) is 4.74 Å². The van der Waals surface area contributed by atoms with Gasteiger partial charge in [0.05, 0.1) is 24.9 Å². The smallest absolute Gasteiger partial charge is 0.327 e. The Morgan fingerprint density at radius 2 is 1.68 bits per heavy atom. The molecule has 1 aromatic heterocycles. The number of imide groups is 1. The molecule has 3 heterocycles. The average Bonchev–Trinajstić information content (AvgIpc) is 2.81. The van der Waals surface area contributed by atoms with Crippen LogP contribution in [0.3, 0.4) is 0 Å². The lowest BCUT2D eigenvalue weighted by Gasteiger charge is -2.45. The van der Waals surface area contributed by atoms with E-state index in [0.29, 0.717) is 13.0 Å². The Morgan fingerprint density at radius 3 is 2.29 bits per heavy atom. The third-order valence-corrected chi connectivity index (χ3v) is 5.94. The van der Waals surface area contributed by atoms with Crippen molar-refractivity contribution in [3.05, 3.63) is 36.4 Å². The molecular formula is C22H28N6O3. The zero-order valence-electron chi connectivity index (χ0n) is 18.2. The van der Waals surface area contributed by atoms with E-state index in [1.165, 1.54) is 11.9 Å². The van der Waals surface area contributed by atoms with Gasteiger partial charge in [-0.05, 0) is 43.3 Å². The van der Waals surface area contributed by atoms with Crippen LogP contribution >= 0.6 is 0 Å². The van der Waals surface area contributed by atoms with Crippen molar-refractivity contribution in [1.29, 1.82) is 0 Å². The molecule has 9 nitrogen and oxygen atoms in total. The van der Waals surface area contributed by atoms with Crippen molar-refractivity contribution in [1.82, 2.24) is 24.9 Å². The summed E-state index contributed by atoms with van der Waals surface area (Å²) < 4.78 is 5.48. The summed E-state index contributed by atoms with van der Waals surface area (Å²) in [6.07, 6.45) is 0.140. The van der Waals surface area contributed by atoms with Crippen LogP contribution in [-0.2, 0) is 4.79 Å². The Morgan fingerprint density at radius 1 is 0.968 bits per heavy atom. The monoisotopic (exact) mass is 424 g/mol. The molecule has 31 heavy (non-hydrogen) atoms. The predicted molar refractivity (Wildman–Crippen MR) is 117 cm³/mol. The first-order chi connectivity index (χ1) is 15.0. The number of amides is 3. The standard InChI is InChI=1S/C22H28N6O3/c1-4-31-17-7-5-16(6-8-17)18-9-10-19(24-23-18)27-11-13-28(14-12-27)20-15-21(29)26(3)22(30)25(20)2/h5-10,20H,4,11-15H2,1-3H3. The highest BCUT2D eigenvalue weighted by atomic mass is 16.5. The summed E-state index contributed by atoms with van der Waals surface area (Å²) in [7, 11) is 3.29. The van der Waals surface area contributed by atoms with Crippen LogP contribution in [0.4, 0.5) is 10.6 Å². The van der Waals surface area contributed by atoms with Crippen LogP contribution in [0.5, 0.6) is 5.75 Å². The number of carbonyl (C=O) groups excluding carboxylic acids is 2. The van der Waals surface area contributed by atoms with Crippen molar-refractivity contribution in [3.63, 3.8) is 0 Å². The zero-order valence-corrected chi connectivity index (χ0v) is 18.2. The van der Waals surface area contributed by atoms with Crippen LogP contribution in [-0.4, -0.2) is 89.9 Å². The second-order valence-electron chi connectivity index (χ2n) is 7.79. The summed E-state index contributed by atoms with van der Waals surface area (Å²) in [6.45, 7) is 5.63. The zero-order chi connectivity index (χ0) is 22.0. The third-order valence-electron chi connectivity index (χ3n) is 5.94. The largest absolute Gasteiger partial charge is 0.494 e. The highest BCUT2D eigenvalue weighted by molar-refractivity contribution is 5.96. The number of hydrogen-bond acceptors (Lipinski definition) is 7. The van der Waals surface area contributed by atoms with E-state index in [2.05, 4.69) is 20.0 Å². The van der Waals surface area contributed by atoms with Crippen molar-refractivity contribution in [2.24, 2.45) is 0 Å². The molecule has 0 spiro atoms. The normalized spacial score (nSPS) is 20.4. The highest BCUT2D eigenvalue weighted by Crippen LogP contribution is 2.24. The minimum absolute atomic E-state index is 0.133.